The molecule has 0 aromatic rings. The average molecular weight is 176 g/mol. The van der Waals surface area contributed by atoms with E-state index in [9.17, 15) is 5.11 Å². The summed E-state index contributed by atoms with van der Waals surface area (Å²) in [5, 5.41) is 9.86. The maximum atomic E-state index is 9.18. The molecule has 0 bridgehead atoms. The van der Waals surface area contributed by atoms with Gasteiger partial charge in [-0.2, -0.15) is 0 Å². The third-order valence-electron chi connectivity index (χ3n) is 1.95. The monoisotopic (exact) mass is 175 g/mol. The largest absolute Gasteiger partial charge is 0.393 e. The number of nitrogens with zero attached hydrogens (tertiary/aromatic N) is 1. The Labute approximate surface area is 72.5 Å². The number of aliphatic hydroxyl groups excluding tert-OH is 1. The molecule has 3 heteroatoms. The van der Waals surface area contributed by atoms with Gasteiger partial charge in [0.1, 0.15) is 0 Å². The lowest BCUT2D eigenvalue weighted by Gasteiger charge is -2.28. The molecule has 1 fully saturated rings. The molecule has 0 atom stereocenters. The van der Waals surface area contributed by atoms with Crippen molar-refractivity contribution >= 4 is 11.6 Å². The van der Waals surface area contributed by atoms with E-state index in [1.807, 2.05) is 0 Å². The van der Waals surface area contributed by atoms with Gasteiger partial charge in [0.15, 0.2) is 0 Å². The van der Waals surface area contributed by atoms with Gasteiger partial charge >= 0.3 is 0 Å². The van der Waals surface area contributed by atoms with E-state index in [0.717, 1.165) is 32.5 Å². The van der Waals surface area contributed by atoms with Crippen LogP contribution in [0.3, 0.4) is 0 Å². The summed E-state index contributed by atoms with van der Waals surface area (Å²) in [7, 11) is 0. The van der Waals surface area contributed by atoms with Crippen LogP contribution in [0.1, 0.15) is 12.8 Å². The Bertz CT molecular complexity index is 141. The molecule has 0 aliphatic carbocycles. The summed E-state index contributed by atoms with van der Waals surface area (Å²) in [6, 6.07) is 0. The highest BCUT2D eigenvalue weighted by molar-refractivity contribution is 6.29. The van der Waals surface area contributed by atoms with E-state index in [0.29, 0.717) is 5.03 Å². The molecular formula is C8H14ClNO. The van der Waals surface area contributed by atoms with Gasteiger partial charge in [0.2, 0.25) is 0 Å². The molecule has 0 radical (unpaired) electrons. The van der Waals surface area contributed by atoms with Gasteiger partial charge in [-0.1, -0.05) is 18.2 Å². The molecule has 11 heavy (non-hydrogen) atoms. The first kappa shape index (κ1) is 9.04. The zero-order valence-electron chi connectivity index (χ0n) is 6.59. The van der Waals surface area contributed by atoms with Crippen molar-refractivity contribution in [3.8, 4) is 0 Å². The van der Waals surface area contributed by atoms with Gasteiger partial charge in [-0.15, -0.1) is 0 Å². The lowest BCUT2D eigenvalue weighted by atomic mass is 10.1. The fraction of sp³-hybridized carbons (Fsp3) is 0.750. The zero-order chi connectivity index (χ0) is 8.27. The van der Waals surface area contributed by atoms with Crippen LogP contribution in [0.25, 0.3) is 0 Å². The summed E-state index contributed by atoms with van der Waals surface area (Å²) in [6.45, 7) is 6.26. The maximum absolute atomic E-state index is 9.18. The second-order valence-electron chi connectivity index (χ2n) is 3.02. The van der Waals surface area contributed by atoms with Crippen LogP contribution in [0.5, 0.6) is 0 Å². The van der Waals surface area contributed by atoms with Crippen LogP contribution < -0.4 is 0 Å². The van der Waals surface area contributed by atoms with Crippen molar-refractivity contribution < 1.29 is 5.11 Å². The predicted octanol–water partition coefficient (Wildman–Crippen LogP) is 1.20. The van der Waals surface area contributed by atoms with Crippen LogP contribution in [-0.4, -0.2) is 35.7 Å². The van der Waals surface area contributed by atoms with E-state index < -0.39 is 0 Å². The summed E-state index contributed by atoms with van der Waals surface area (Å²) in [5.41, 5.74) is 0. The normalized spacial score (nSPS) is 22.0. The maximum Gasteiger partial charge on any atom is 0.0564 e. The minimum atomic E-state index is -0.102. The number of piperidine rings is 1. The molecular weight excluding hydrogens is 162 g/mol. The van der Waals surface area contributed by atoms with Gasteiger partial charge in [0.05, 0.1) is 6.10 Å². The summed E-state index contributed by atoms with van der Waals surface area (Å²) in [5.74, 6) is 0. The summed E-state index contributed by atoms with van der Waals surface area (Å²) in [4.78, 5) is 2.21. The predicted molar refractivity (Wildman–Crippen MR) is 46.7 cm³/mol. The highest BCUT2D eigenvalue weighted by Crippen LogP contribution is 2.11. The van der Waals surface area contributed by atoms with Crippen LogP contribution in [0, 0.1) is 0 Å². The third kappa shape index (κ3) is 3.23. The van der Waals surface area contributed by atoms with Crippen molar-refractivity contribution in [1.82, 2.24) is 4.90 Å². The number of hydrogen-bond donors (Lipinski definition) is 1. The van der Waals surface area contributed by atoms with Crippen molar-refractivity contribution in [2.75, 3.05) is 19.6 Å². The van der Waals surface area contributed by atoms with E-state index in [4.69, 9.17) is 11.6 Å². The molecule has 0 aromatic heterocycles. The van der Waals surface area contributed by atoms with Crippen LogP contribution in [0.2, 0.25) is 0 Å². The average Bonchev–Trinajstić information content (AvgIpc) is 1.93. The number of halogens is 1. The number of likely N-dealkylation sites (tertiary alicyclic amines) is 1. The Morgan fingerprint density at radius 3 is 2.55 bits per heavy atom. The molecule has 1 saturated heterocycles. The van der Waals surface area contributed by atoms with Crippen molar-refractivity contribution in [3.63, 3.8) is 0 Å². The Hall–Kier alpha value is -0.0500. The quantitative estimate of drug-likeness (QED) is 0.682. The molecule has 0 unspecified atom stereocenters. The van der Waals surface area contributed by atoms with Gasteiger partial charge in [-0.3, -0.25) is 4.90 Å². The molecule has 0 spiro atoms. The van der Waals surface area contributed by atoms with Crippen LogP contribution >= 0.6 is 11.6 Å². The Kier molecular flexibility index (Phi) is 3.37. The molecule has 0 aromatic carbocycles. The Morgan fingerprint density at radius 1 is 1.55 bits per heavy atom. The second-order valence-corrected chi connectivity index (χ2v) is 3.56. The van der Waals surface area contributed by atoms with E-state index in [1.165, 1.54) is 0 Å². The zero-order valence-corrected chi connectivity index (χ0v) is 7.35. The van der Waals surface area contributed by atoms with Crippen molar-refractivity contribution in [2.24, 2.45) is 0 Å². The molecule has 1 aliphatic heterocycles. The van der Waals surface area contributed by atoms with Gasteiger partial charge in [-0.25, -0.2) is 0 Å². The summed E-state index contributed by atoms with van der Waals surface area (Å²) in [6.07, 6.45) is 1.63. The molecule has 1 heterocycles. The number of rotatable bonds is 2. The van der Waals surface area contributed by atoms with E-state index in [-0.39, 0.29) is 6.10 Å². The van der Waals surface area contributed by atoms with Gasteiger partial charge in [-0.05, 0) is 12.8 Å². The highest BCUT2D eigenvalue weighted by Gasteiger charge is 2.16. The number of aliphatic hydroxyl groups is 1. The van der Waals surface area contributed by atoms with Crippen molar-refractivity contribution in [1.29, 1.82) is 0 Å². The van der Waals surface area contributed by atoms with Crippen LogP contribution in [0.4, 0.5) is 0 Å². The molecule has 1 rings (SSSR count). The minimum Gasteiger partial charge on any atom is -0.393 e. The van der Waals surface area contributed by atoms with Crippen molar-refractivity contribution in [2.45, 2.75) is 18.9 Å². The smallest absolute Gasteiger partial charge is 0.0564 e. The minimum absolute atomic E-state index is 0.102. The standard InChI is InChI=1S/C8H14ClNO/c1-7(9)6-10-4-2-8(11)3-5-10/h8,11H,1-6H2. The van der Waals surface area contributed by atoms with Gasteiger partial charge < -0.3 is 5.11 Å². The Balaban J connectivity index is 2.22. The van der Waals surface area contributed by atoms with Gasteiger partial charge in [0.25, 0.3) is 0 Å². The molecule has 2 nitrogen and oxygen atoms in total. The summed E-state index contributed by atoms with van der Waals surface area (Å²) >= 11 is 5.65. The Morgan fingerprint density at radius 2 is 2.09 bits per heavy atom. The second kappa shape index (κ2) is 4.10. The van der Waals surface area contributed by atoms with E-state index in [1.54, 1.807) is 0 Å². The van der Waals surface area contributed by atoms with E-state index in [2.05, 4.69) is 11.5 Å². The SMILES string of the molecule is C=C(Cl)CN1CCC(O)CC1. The topological polar surface area (TPSA) is 23.5 Å². The van der Waals surface area contributed by atoms with Gasteiger partial charge in [0, 0.05) is 24.7 Å². The van der Waals surface area contributed by atoms with E-state index >= 15 is 0 Å². The molecule has 1 N–H and O–H groups in total. The van der Waals surface area contributed by atoms with Crippen LogP contribution in [-0.2, 0) is 0 Å². The first-order chi connectivity index (χ1) is 5.18. The van der Waals surface area contributed by atoms with Crippen LogP contribution in [0.15, 0.2) is 11.6 Å². The molecule has 1 aliphatic rings. The lowest BCUT2D eigenvalue weighted by Crippen LogP contribution is -2.36. The van der Waals surface area contributed by atoms with Crippen molar-refractivity contribution in [3.05, 3.63) is 11.6 Å². The molecule has 0 amide bonds. The first-order valence-corrected chi connectivity index (χ1v) is 4.30. The fourth-order valence-corrected chi connectivity index (χ4v) is 1.49. The number of hydrogen-bond acceptors (Lipinski definition) is 2. The molecule has 0 saturated carbocycles. The first-order valence-electron chi connectivity index (χ1n) is 3.92. The highest BCUT2D eigenvalue weighted by atomic mass is 35.5. The molecule has 64 valence electrons. The summed E-state index contributed by atoms with van der Waals surface area (Å²) < 4.78 is 0. The fourth-order valence-electron chi connectivity index (χ4n) is 1.32. The lowest BCUT2D eigenvalue weighted by molar-refractivity contribution is 0.0876. The third-order valence-corrected chi connectivity index (χ3v) is 2.07.